The Morgan fingerprint density at radius 3 is 2.75 bits per heavy atom. The van der Waals surface area contributed by atoms with Gasteiger partial charge in [0.15, 0.2) is 0 Å². The number of carbonyl (C=O) groups excluding carboxylic acids is 1. The number of rotatable bonds is 4. The Kier molecular flexibility index (Phi) is 4.48. The molecule has 4 nitrogen and oxygen atoms in total. The van der Waals surface area contributed by atoms with E-state index in [4.69, 9.17) is 0 Å². The fourth-order valence-corrected chi connectivity index (χ4v) is 2.46. The zero-order valence-corrected chi connectivity index (χ0v) is 12.5. The van der Waals surface area contributed by atoms with Gasteiger partial charge in [-0.3, -0.25) is 9.78 Å². The van der Waals surface area contributed by atoms with Gasteiger partial charge in [-0.15, -0.1) is 0 Å². The maximum atomic E-state index is 13.6. The SMILES string of the molecule is O=C(NC[C@@H](O)c1ccc(F)cc1F)c1nccc2ccccc12. The highest BCUT2D eigenvalue weighted by atomic mass is 19.1. The summed E-state index contributed by atoms with van der Waals surface area (Å²) >= 11 is 0. The molecule has 0 saturated heterocycles. The van der Waals surface area contributed by atoms with Crippen molar-refractivity contribution in [2.75, 3.05) is 6.54 Å². The Hall–Kier alpha value is -2.86. The van der Waals surface area contributed by atoms with Crippen molar-refractivity contribution in [2.45, 2.75) is 6.10 Å². The van der Waals surface area contributed by atoms with Crippen molar-refractivity contribution in [3.8, 4) is 0 Å². The molecule has 122 valence electrons. The molecule has 0 bridgehead atoms. The number of aliphatic hydroxyl groups is 1. The number of benzene rings is 2. The van der Waals surface area contributed by atoms with Crippen LogP contribution < -0.4 is 5.32 Å². The molecule has 3 rings (SSSR count). The molecule has 0 aliphatic rings. The Morgan fingerprint density at radius 2 is 1.96 bits per heavy atom. The van der Waals surface area contributed by atoms with Gasteiger partial charge in [-0.05, 0) is 17.5 Å². The van der Waals surface area contributed by atoms with E-state index in [2.05, 4.69) is 10.3 Å². The van der Waals surface area contributed by atoms with Gasteiger partial charge in [-0.25, -0.2) is 8.78 Å². The number of aliphatic hydroxyl groups excluding tert-OH is 1. The molecule has 0 aliphatic heterocycles. The normalized spacial score (nSPS) is 12.1. The van der Waals surface area contributed by atoms with Crippen LogP contribution >= 0.6 is 0 Å². The summed E-state index contributed by atoms with van der Waals surface area (Å²) in [6.07, 6.45) is 0.234. The van der Waals surface area contributed by atoms with Crippen LogP contribution in [0.2, 0.25) is 0 Å². The van der Waals surface area contributed by atoms with E-state index in [0.29, 0.717) is 11.5 Å². The third-order valence-electron chi connectivity index (χ3n) is 3.67. The van der Waals surface area contributed by atoms with Gasteiger partial charge in [-0.1, -0.05) is 30.3 Å². The number of nitrogens with one attached hydrogen (secondary N) is 1. The lowest BCUT2D eigenvalue weighted by Crippen LogP contribution is -2.29. The van der Waals surface area contributed by atoms with Crippen molar-refractivity contribution in [3.05, 3.63) is 77.6 Å². The standard InChI is InChI=1S/C18H14F2N2O2/c19-12-5-6-14(15(20)9-12)16(23)10-22-18(24)17-13-4-2-1-3-11(13)7-8-21-17/h1-9,16,23H,10H2,(H,22,24)/t16-/m1/s1. The molecular weight excluding hydrogens is 314 g/mol. The van der Waals surface area contributed by atoms with Gasteiger partial charge in [0.25, 0.3) is 5.91 Å². The number of carbonyl (C=O) groups is 1. The first kappa shape index (κ1) is 16.0. The number of hydrogen-bond donors (Lipinski definition) is 2. The van der Waals surface area contributed by atoms with E-state index in [-0.39, 0.29) is 17.8 Å². The molecule has 0 spiro atoms. The number of pyridine rings is 1. The van der Waals surface area contributed by atoms with Crippen molar-refractivity contribution >= 4 is 16.7 Å². The van der Waals surface area contributed by atoms with Crippen LogP contribution in [0, 0.1) is 11.6 Å². The van der Waals surface area contributed by atoms with E-state index in [9.17, 15) is 18.7 Å². The lowest BCUT2D eigenvalue weighted by atomic mass is 10.1. The second-order valence-corrected chi connectivity index (χ2v) is 5.27. The molecule has 0 unspecified atom stereocenters. The summed E-state index contributed by atoms with van der Waals surface area (Å²) in [6.45, 7) is -0.216. The third kappa shape index (κ3) is 3.23. The molecule has 0 fully saturated rings. The largest absolute Gasteiger partial charge is 0.386 e. The summed E-state index contributed by atoms with van der Waals surface area (Å²) in [5.74, 6) is -2.07. The average molecular weight is 328 g/mol. The van der Waals surface area contributed by atoms with Crippen molar-refractivity contribution in [3.63, 3.8) is 0 Å². The van der Waals surface area contributed by atoms with Gasteiger partial charge in [0.05, 0.1) is 6.10 Å². The molecular formula is C18H14F2N2O2. The van der Waals surface area contributed by atoms with E-state index in [0.717, 1.165) is 17.5 Å². The molecule has 3 aromatic rings. The van der Waals surface area contributed by atoms with E-state index in [1.807, 2.05) is 12.1 Å². The first-order chi connectivity index (χ1) is 11.6. The summed E-state index contributed by atoms with van der Waals surface area (Å²) in [5, 5.41) is 14.1. The third-order valence-corrected chi connectivity index (χ3v) is 3.67. The number of halogens is 2. The second kappa shape index (κ2) is 6.72. The predicted molar refractivity (Wildman–Crippen MR) is 85.4 cm³/mol. The van der Waals surface area contributed by atoms with Crippen molar-refractivity contribution < 1.29 is 18.7 Å². The van der Waals surface area contributed by atoms with Gasteiger partial charge in [0.2, 0.25) is 0 Å². The number of hydrogen-bond acceptors (Lipinski definition) is 3. The number of amides is 1. The maximum absolute atomic E-state index is 13.6. The zero-order chi connectivity index (χ0) is 17.1. The molecule has 0 radical (unpaired) electrons. The Morgan fingerprint density at radius 1 is 1.17 bits per heavy atom. The molecule has 0 saturated carbocycles. The minimum Gasteiger partial charge on any atom is -0.386 e. The summed E-state index contributed by atoms with van der Waals surface area (Å²) < 4.78 is 26.5. The molecule has 2 N–H and O–H groups in total. The summed E-state index contributed by atoms with van der Waals surface area (Å²) in [5.41, 5.74) is 0.141. The quantitative estimate of drug-likeness (QED) is 0.774. The number of aromatic nitrogens is 1. The van der Waals surface area contributed by atoms with Crippen LogP contribution in [-0.2, 0) is 0 Å². The van der Waals surface area contributed by atoms with Gasteiger partial charge in [0, 0.05) is 29.8 Å². The average Bonchev–Trinajstić information content (AvgIpc) is 2.59. The van der Waals surface area contributed by atoms with E-state index < -0.39 is 23.6 Å². The highest BCUT2D eigenvalue weighted by Crippen LogP contribution is 2.19. The van der Waals surface area contributed by atoms with Crippen LogP contribution in [0.4, 0.5) is 8.78 Å². The van der Waals surface area contributed by atoms with Gasteiger partial charge >= 0.3 is 0 Å². The number of nitrogens with zero attached hydrogens (tertiary/aromatic N) is 1. The van der Waals surface area contributed by atoms with Gasteiger partial charge < -0.3 is 10.4 Å². The molecule has 1 aromatic heterocycles. The van der Waals surface area contributed by atoms with Crippen molar-refractivity contribution in [1.29, 1.82) is 0 Å². The van der Waals surface area contributed by atoms with Crippen LogP contribution in [-0.4, -0.2) is 22.5 Å². The van der Waals surface area contributed by atoms with Crippen LogP contribution in [0.1, 0.15) is 22.2 Å². The van der Waals surface area contributed by atoms with Gasteiger partial charge in [0.1, 0.15) is 17.3 Å². The van der Waals surface area contributed by atoms with Crippen molar-refractivity contribution in [2.24, 2.45) is 0 Å². The first-order valence-corrected chi connectivity index (χ1v) is 7.31. The molecule has 1 amide bonds. The van der Waals surface area contributed by atoms with E-state index in [1.165, 1.54) is 6.20 Å². The topological polar surface area (TPSA) is 62.2 Å². The van der Waals surface area contributed by atoms with Crippen LogP contribution in [0.3, 0.4) is 0 Å². The molecule has 0 aliphatic carbocycles. The van der Waals surface area contributed by atoms with E-state index in [1.54, 1.807) is 18.2 Å². The molecule has 1 heterocycles. The Labute approximate surface area is 136 Å². The molecule has 2 aromatic carbocycles. The monoisotopic (exact) mass is 328 g/mol. The molecule has 1 atom stereocenters. The van der Waals surface area contributed by atoms with Crippen LogP contribution in [0.15, 0.2) is 54.7 Å². The Bertz CT molecular complexity index is 894. The van der Waals surface area contributed by atoms with Gasteiger partial charge in [-0.2, -0.15) is 0 Å². The Balaban J connectivity index is 1.75. The van der Waals surface area contributed by atoms with Crippen LogP contribution in [0.25, 0.3) is 10.8 Å². The first-order valence-electron chi connectivity index (χ1n) is 7.31. The predicted octanol–water partition coefficient (Wildman–Crippen LogP) is 2.98. The number of fused-ring (bicyclic) bond motifs is 1. The summed E-state index contributed by atoms with van der Waals surface area (Å²) in [7, 11) is 0. The zero-order valence-electron chi connectivity index (χ0n) is 12.5. The minimum atomic E-state index is -1.29. The highest BCUT2D eigenvalue weighted by Gasteiger charge is 2.17. The summed E-state index contributed by atoms with van der Waals surface area (Å²) in [6, 6.07) is 12.0. The van der Waals surface area contributed by atoms with E-state index >= 15 is 0 Å². The highest BCUT2D eigenvalue weighted by molar-refractivity contribution is 6.05. The van der Waals surface area contributed by atoms with Crippen molar-refractivity contribution in [1.82, 2.24) is 10.3 Å². The molecule has 6 heteroatoms. The lowest BCUT2D eigenvalue weighted by molar-refractivity contribution is 0.0911. The maximum Gasteiger partial charge on any atom is 0.270 e. The second-order valence-electron chi connectivity index (χ2n) is 5.27. The van der Waals surface area contributed by atoms with Crippen LogP contribution in [0.5, 0.6) is 0 Å². The minimum absolute atomic E-state index is 0.0809. The fourth-order valence-electron chi connectivity index (χ4n) is 2.46. The summed E-state index contributed by atoms with van der Waals surface area (Å²) in [4.78, 5) is 16.4. The fraction of sp³-hybridized carbons (Fsp3) is 0.111. The smallest absolute Gasteiger partial charge is 0.270 e. The lowest BCUT2D eigenvalue weighted by Gasteiger charge is -2.13. The molecule has 24 heavy (non-hydrogen) atoms.